The van der Waals surface area contributed by atoms with Crippen molar-refractivity contribution in [2.75, 3.05) is 26.2 Å². The van der Waals surface area contributed by atoms with E-state index < -0.39 is 0 Å². The molecule has 23 heavy (non-hydrogen) atoms. The van der Waals surface area contributed by atoms with Crippen LogP contribution in [-0.4, -0.2) is 47.8 Å². The standard InChI is InChI=1S/C10H19NO.C9H17NO/c1-9(2)8-10(12)11-6-4-3-5-7-11;1-8(2)7-9(11)10-5-3-4-6-10/h9H,3-8H2,1-2H3;8H,3-7H2,1-2H3. The van der Waals surface area contributed by atoms with E-state index in [-0.39, 0.29) is 0 Å². The van der Waals surface area contributed by atoms with Crippen molar-refractivity contribution in [2.45, 2.75) is 72.6 Å². The van der Waals surface area contributed by atoms with Gasteiger partial charge in [0.25, 0.3) is 0 Å². The van der Waals surface area contributed by atoms with Crippen molar-refractivity contribution in [3.05, 3.63) is 0 Å². The summed E-state index contributed by atoms with van der Waals surface area (Å²) in [5.41, 5.74) is 0. The van der Waals surface area contributed by atoms with E-state index in [4.69, 9.17) is 0 Å². The monoisotopic (exact) mass is 324 g/mol. The van der Waals surface area contributed by atoms with Crippen LogP contribution in [0.15, 0.2) is 0 Å². The lowest BCUT2D eigenvalue weighted by Gasteiger charge is -2.27. The molecule has 0 saturated carbocycles. The Kier molecular flexibility index (Phi) is 9.27. The van der Waals surface area contributed by atoms with Gasteiger partial charge in [-0.15, -0.1) is 0 Å². The molecule has 2 aliphatic rings. The summed E-state index contributed by atoms with van der Waals surface area (Å²) >= 11 is 0. The number of carbonyl (C=O) groups excluding carboxylic acids is 2. The number of likely N-dealkylation sites (tertiary alicyclic amines) is 2. The molecule has 0 N–H and O–H groups in total. The molecule has 2 amide bonds. The van der Waals surface area contributed by atoms with Crippen LogP contribution in [0, 0.1) is 11.8 Å². The van der Waals surface area contributed by atoms with Crippen LogP contribution in [0.1, 0.15) is 72.6 Å². The number of rotatable bonds is 4. The van der Waals surface area contributed by atoms with Gasteiger partial charge in [-0.05, 0) is 43.9 Å². The number of carbonyl (C=O) groups is 2. The Morgan fingerprint density at radius 1 is 0.652 bits per heavy atom. The van der Waals surface area contributed by atoms with Crippen molar-refractivity contribution >= 4 is 11.8 Å². The number of amides is 2. The van der Waals surface area contributed by atoms with Gasteiger partial charge in [-0.1, -0.05) is 27.7 Å². The fourth-order valence-corrected chi connectivity index (χ4v) is 3.07. The van der Waals surface area contributed by atoms with Crippen LogP contribution in [0.3, 0.4) is 0 Å². The lowest BCUT2D eigenvalue weighted by Crippen LogP contribution is -2.36. The maximum Gasteiger partial charge on any atom is 0.222 e. The minimum Gasteiger partial charge on any atom is -0.343 e. The normalized spacial score (nSPS) is 18.2. The molecule has 0 aliphatic carbocycles. The molecule has 2 heterocycles. The fourth-order valence-electron chi connectivity index (χ4n) is 3.07. The predicted octanol–water partition coefficient (Wildman–Crippen LogP) is 3.70. The van der Waals surface area contributed by atoms with Gasteiger partial charge in [-0.25, -0.2) is 0 Å². The van der Waals surface area contributed by atoms with E-state index in [1.165, 1.54) is 32.1 Å². The second kappa shape index (κ2) is 10.7. The fraction of sp³-hybridized carbons (Fsp3) is 0.895. The van der Waals surface area contributed by atoms with Crippen molar-refractivity contribution in [3.63, 3.8) is 0 Å². The second-order valence-corrected chi connectivity index (χ2v) is 7.73. The summed E-state index contributed by atoms with van der Waals surface area (Å²) < 4.78 is 0. The Balaban J connectivity index is 0.000000231. The molecule has 2 saturated heterocycles. The molecule has 134 valence electrons. The third kappa shape index (κ3) is 8.38. The van der Waals surface area contributed by atoms with Crippen molar-refractivity contribution in [1.29, 1.82) is 0 Å². The molecule has 0 bridgehead atoms. The summed E-state index contributed by atoms with van der Waals surface area (Å²) in [6.07, 6.45) is 7.53. The molecule has 0 aromatic carbocycles. The van der Waals surface area contributed by atoms with Gasteiger partial charge in [0.2, 0.25) is 11.8 Å². The topological polar surface area (TPSA) is 40.6 Å². The number of hydrogen-bond donors (Lipinski definition) is 0. The Morgan fingerprint density at radius 3 is 1.26 bits per heavy atom. The van der Waals surface area contributed by atoms with Gasteiger partial charge < -0.3 is 9.80 Å². The molecular formula is C19H36N2O2. The highest BCUT2D eigenvalue weighted by Crippen LogP contribution is 2.12. The van der Waals surface area contributed by atoms with Crippen molar-refractivity contribution in [1.82, 2.24) is 9.80 Å². The Labute approximate surface area is 142 Å². The second-order valence-electron chi connectivity index (χ2n) is 7.73. The van der Waals surface area contributed by atoms with Gasteiger partial charge in [-0.3, -0.25) is 9.59 Å². The molecule has 4 heteroatoms. The zero-order valence-corrected chi connectivity index (χ0v) is 15.6. The molecule has 2 fully saturated rings. The maximum atomic E-state index is 11.5. The molecule has 0 atom stereocenters. The third-order valence-electron chi connectivity index (χ3n) is 4.33. The minimum absolute atomic E-state index is 0.345. The van der Waals surface area contributed by atoms with E-state index in [2.05, 4.69) is 27.7 Å². The first-order valence-electron chi connectivity index (χ1n) is 9.45. The first-order chi connectivity index (χ1) is 10.9. The van der Waals surface area contributed by atoms with Gasteiger partial charge >= 0.3 is 0 Å². The van der Waals surface area contributed by atoms with Gasteiger partial charge in [0.05, 0.1) is 0 Å². The molecular weight excluding hydrogens is 288 g/mol. The van der Waals surface area contributed by atoms with E-state index in [0.717, 1.165) is 39.0 Å². The quantitative estimate of drug-likeness (QED) is 0.791. The van der Waals surface area contributed by atoms with E-state index in [0.29, 0.717) is 23.7 Å². The first kappa shape index (κ1) is 20.0. The maximum absolute atomic E-state index is 11.5. The molecule has 0 aromatic rings. The number of nitrogens with zero attached hydrogens (tertiary/aromatic N) is 2. The van der Waals surface area contributed by atoms with Crippen molar-refractivity contribution in [3.8, 4) is 0 Å². The highest BCUT2D eigenvalue weighted by molar-refractivity contribution is 5.76. The third-order valence-corrected chi connectivity index (χ3v) is 4.33. The highest BCUT2D eigenvalue weighted by atomic mass is 16.2. The van der Waals surface area contributed by atoms with Crippen molar-refractivity contribution < 1.29 is 9.59 Å². The van der Waals surface area contributed by atoms with E-state index in [1.54, 1.807) is 0 Å². The largest absolute Gasteiger partial charge is 0.343 e. The Bertz CT molecular complexity index is 354. The van der Waals surface area contributed by atoms with E-state index >= 15 is 0 Å². The lowest BCUT2D eigenvalue weighted by molar-refractivity contribution is -0.133. The lowest BCUT2D eigenvalue weighted by atomic mass is 10.1. The van der Waals surface area contributed by atoms with Crippen LogP contribution in [0.25, 0.3) is 0 Å². The molecule has 4 nitrogen and oxygen atoms in total. The van der Waals surface area contributed by atoms with Crippen LogP contribution in [0.2, 0.25) is 0 Å². The summed E-state index contributed by atoms with van der Waals surface area (Å²) in [5, 5.41) is 0. The van der Waals surface area contributed by atoms with Gasteiger partial charge in [0, 0.05) is 39.0 Å². The van der Waals surface area contributed by atoms with E-state index in [1.807, 2.05) is 9.80 Å². The molecule has 0 aromatic heterocycles. The molecule has 2 rings (SSSR count). The summed E-state index contributed by atoms with van der Waals surface area (Å²) in [6.45, 7) is 12.3. The number of piperidine rings is 1. The molecule has 0 radical (unpaired) electrons. The van der Waals surface area contributed by atoms with Crippen LogP contribution < -0.4 is 0 Å². The zero-order chi connectivity index (χ0) is 17.2. The van der Waals surface area contributed by atoms with Crippen LogP contribution in [0.4, 0.5) is 0 Å². The SMILES string of the molecule is CC(C)CC(=O)N1CCCC1.CC(C)CC(=O)N1CCCCC1. The Hall–Kier alpha value is -1.06. The van der Waals surface area contributed by atoms with Crippen LogP contribution in [-0.2, 0) is 9.59 Å². The minimum atomic E-state index is 0.345. The van der Waals surface area contributed by atoms with Crippen LogP contribution >= 0.6 is 0 Å². The van der Waals surface area contributed by atoms with E-state index in [9.17, 15) is 9.59 Å². The average molecular weight is 325 g/mol. The molecule has 2 aliphatic heterocycles. The highest BCUT2D eigenvalue weighted by Gasteiger charge is 2.18. The first-order valence-corrected chi connectivity index (χ1v) is 9.45. The van der Waals surface area contributed by atoms with Crippen LogP contribution in [0.5, 0.6) is 0 Å². The molecule has 0 unspecified atom stereocenters. The van der Waals surface area contributed by atoms with Gasteiger partial charge in [0.1, 0.15) is 0 Å². The zero-order valence-electron chi connectivity index (χ0n) is 15.6. The van der Waals surface area contributed by atoms with Gasteiger partial charge in [-0.2, -0.15) is 0 Å². The van der Waals surface area contributed by atoms with Gasteiger partial charge in [0.15, 0.2) is 0 Å². The Morgan fingerprint density at radius 2 is 0.957 bits per heavy atom. The predicted molar refractivity (Wildman–Crippen MR) is 95.2 cm³/mol. The summed E-state index contributed by atoms with van der Waals surface area (Å²) in [6, 6.07) is 0. The smallest absolute Gasteiger partial charge is 0.222 e. The number of hydrogen-bond acceptors (Lipinski definition) is 2. The summed E-state index contributed by atoms with van der Waals surface area (Å²) in [4.78, 5) is 26.9. The molecule has 0 spiro atoms. The summed E-state index contributed by atoms with van der Waals surface area (Å²) in [5.74, 6) is 1.70. The van der Waals surface area contributed by atoms with Crippen molar-refractivity contribution in [2.24, 2.45) is 11.8 Å². The average Bonchev–Trinajstić information content (AvgIpc) is 3.02. The summed E-state index contributed by atoms with van der Waals surface area (Å²) in [7, 11) is 0.